The second kappa shape index (κ2) is 11.9. The quantitative estimate of drug-likeness (QED) is 0.367. The first-order valence-corrected chi connectivity index (χ1v) is 12.3. The van der Waals surface area contributed by atoms with Gasteiger partial charge in [-0.05, 0) is 61.7 Å². The molecule has 184 valence electrons. The third-order valence-corrected chi connectivity index (χ3v) is 6.42. The zero-order valence-electron chi connectivity index (χ0n) is 21.1. The molecule has 1 atom stereocenters. The summed E-state index contributed by atoms with van der Waals surface area (Å²) in [5.41, 5.74) is 4.05. The highest BCUT2D eigenvalue weighted by Gasteiger charge is 2.27. The van der Waals surface area contributed by atoms with Gasteiger partial charge in [0, 0.05) is 38.1 Å². The summed E-state index contributed by atoms with van der Waals surface area (Å²) in [7, 11) is 3.95. The van der Waals surface area contributed by atoms with Gasteiger partial charge >= 0.3 is 0 Å². The normalized spacial score (nSPS) is 11.7. The maximum atomic E-state index is 13.7. The van der Waals surface area contributed by atoms with Crippen LogP contribution in [0.25, 0.3) is 0 Å². The number of nitrogens with one attached hydrogen (secondary N) is 1. The Morgan fingerprint density at radius 1 is 0.943 bits per heavy atom. The van der Waals surface area contributed by atoms with Gasteiger partial charge in [-0.15, -0.1) is 0 Å². The van der Waals surface area contributed by atoms with E-state index < -0.39 is 0 Å². The van der Waals surface area contributed by atoms with Crippen molar-refractivity contribution < 1.29 is 9.59 Å². The van der Waals surface area contributed by atoms with Gasteiger partial charge in [-0.25, -0.2) is 0 Å². The average molecular weight is 492 g/mol. The second-order valence-corrected chi connectivity index (χ2v) is 9.51. The highest BCUT2D eigenvalue weighted by atomic mass is 35.5. The van der Waals surface area contributed by atoms with Gasteiger partial charge in [0.15, 0.2) is 0 Å². The van der Waals surface area contributed by atoms with Crippen LogP contribution in [0.1, 0.15) is 54.6 Å². The highest BCUT2D eigenvalue weighted by molar-refractivity contribution is 6.34. The second-order valence-electron chi connectivity index (χ2n) is 9.10. The number of halogens is 1. The Kier molecular flexibility index (Phi) is 8.94. The Balaban J connectivity index is 1.91. The molecule has 0 unspecified atom stereocenters. The van der Waals surface area contributed by atoms with E-state index in [0.717, 1.165) is 23.2 Å². The first-order valence-electron chi connectivity index (χ1n) is 11.9. The van der Waals surface area contributed by atoms with Gasteiger partial charge in [-0.2, -0.15) is 0 Å². The largest absolute Gasteiger partial charge is 0.377 e. The molecule has 0 heterocycles. The van der Waals surface area contributed by atoms with Gasteiger partial charge in [0.2, 0.25) is 5.91 Å². The smallest absolute Gasteiger partial charge is 0.257 e. The van der Waals surface area contributed by atoms with Gasteiger partial charge < -0.3 is 15.1 Å². The average Bonchev–Trinajstić information content (AvgIpc) is 2.83. The van der Waals surface area contributed by atoms with Crippen LogP contribution in [0, 0.1) is 0 Å². The lowest BCUT2D eigenvalue weighted by Gasteiger charge is -2.32. The van der Waals surface area contributed by atoms with Crippen LogP contribution in [0.3, 0.4) is 0 Å². The molecule has 35 heavy (non-hydrogen) atoms. The fourth-order valence-corrected chi connectivity index (χ4v) is 4.43. The van der Waals surface area contributed by atoms with Crippen LogP contribution in [0.4, 0.5) is 11.4 Å². The number of rotatable bonds is 9. The van der Waals surface area contributed by atoms with Gasteiger partial charge in [0.05, 0.1) is 16.5 Å². The van der Waals surface area contributed by atoms with E-state index in [9.17, 15) is 9.59 Å². The van der Waals surface area contributed by atoms with E-state index in [-0.39, 0.29) is 23.8 Å². The van der Waals surface area contributed by atoms with Gasteiger partial charge in [0.25, 0.3) is 5.91 Å². The standard InChI is InChI=1S/C29H34ClN3O2/c1-6-24(21-12-8-7-9-13-21)29(35)33(20(2)3)19-22-18-23(16-17-27(22)32(4)5)31-28(34)25-14-10-11-15-26(25)30/h7-18,20,24H,6,19H2,1-5H3,(H,31,34)/t24-/m1/s1. The Labute approximate surface area is 213 Å². The molecule has 0 fully saturated rings. The molecule has 3 aromatic rings. The molecular formula is C29H34ClN3O2. The number of carbonyl (C=O) groups excluding carboxylic acids is 2. The molecule has 3 aromatic carbocycles. The van der Waals surface area contributed by atoms with Crippen LogP contribution >= 0.6 is 11.6 Å². The van der Waals surface area contributed by atoms with Crippen molar-refractivity contribution in [3.05, 3.63) is 94.5 Å². The third-order valence-electron chi connectivity index (χ3n) is 6.09. The summed E-state index contributed by atoms with van der Waals surface area (Å²) in [6, 6.07) is 22.7. The summed E-state index contributed by atoms with van der Waals surface area (Å²) < 4.78 is 0. The Morgan fingerprint density at radius 2 is 1.60 bits per heavy atom. The van der Waals surface area contributed by atoms with E-state index in [4.69, 9.17) is 11.6 Å². The number of hydrogen-bond donors (Lipinski definition) is 1. The van der Waals surface area contributed by atoms with E-state index in [1.165, 1.54) is 0 Å². The lowest BCUT2D eigenvalue weighted by molar-refractivity contribution is -0.135. The lowest BCUT2D eigenvalue weighted by Crippen LogP contribution is -2.39. The monoisotopic (exact) mass is 491 g/mol. The van der Waals surface area contributed by atoms with Crippen molar-refractivity contribution in [1.29, 1.82) is 0 Å². The molecule has 6 heteroatoms. The van der Waals surface area contributed by atoms with Crippen LogP contribution in [-0.2, 0) is 11.3 Å². The van der Waals surface area contributed by atoms with Crippen molar-refractivity contribution in [2.45, 2.75) is 45.7 Å². The third kappa shape index (κ3) is 6.43. The predicted molar refractivity (Wildman–Crippen MR) is 145 cm³/mol. The molecule has 0 aliphatic heterocycles. The van der Waals surface area contributed by atoms with E-state index >= 15 is 0 Å². The van der Waals surface area contributed by atoms with Crippen molar-refractivity contribution >= 4 is 34.8 Å². The van der Waals surface area contributed by atoms with Crippen molar-refractivity contribution in [2.75, 3.05) is 24.3 Å². The maximum Gasteiger partial charge on any atom is 0.257 e. The van der Waals surface area contributed by atoms with E-state index in [0.29, 0.717) is 22.8 Å². The van der Waals surface area contributed by atoms with Crippen molar-refractivity contribution in [3.63, 3.8) is 0 Å². The van der Waals surface area contributed by atoms with Crippen LogP contribution < -0.4 is 10.2 Å². The maximum absolute atomic E-state index is 13.7. The molecule has 0 aliphatic rings. The van der Waals surface area contributed by atoms with Crippen molar-refractivity contribution in [2.24, 2.45) is 0 Å². The summed E-state index contributed by atoms with van der Waals surface area (Å²) in [5.74, 6) is -0.375. The number of benzene rings is 3. The predicted octanol–water partition coefficient (Wildman–Crippen LogP) is 6.59. The molecule has 5 nitrogen and oxygen atoms in total. The topological polar surface area (TPSA) is 52.7 Å². The molecule has 3 rings (SSSR count). The van der Waals surface area contributed by atoms with Crippen LogP contribution in [0.2, 0.25) is 5.02 Å². The fourth-order valence-electron chi connectivity index (χ4n) is 4.21. The Morgan fingerprint density at radius 3 is 2.20 bits per heavy atom. The minimum absolute atomic E-state index is 0.0108. The van der Waals surface area contributed by atoms with Gasteiger partial charge in [0.1, 0.15) is 0 Å². The lowest BCUT2D eigenvalue weighted by atomic mass is 9.94. The Hall–Kier alpha value is -3.31. The van der Waals surface area contributed by atoms with Crippen LogP contribution in [0.5, 0.6) is 0 Å². The SMILES string of the molecule is CC[C@@H](C(=O)N(Cc1cc(NC(=O)c2ccccc2Cl)ccc1N(C)C)C(C)C)c1ccccc1. The van der Waals surface area contributed by atoms with Gasteiger partial charge in [-0.1, -0.05) is 61.0 Å². The highest BCUT2D eigenvalue weighted by Crippen LogP contribution is 2.29. The molecule has 2 amide bonds. The summed E-state index contributed by atoms with van der Waals surface area (Å²) in [6.45, 7) is 6.55. The molecule has 0 saturated heterocycles. The molecule has 0 radical (unpaired) electrons. The van der Waals surface area contributed by atoms with E-state index in [1.807, 2.05) is 93.2 Å². The summed E-state index contributed by atoms with van der Waals surface area (Å²) in [6.07, 6.45) is 0.723. The van der Waals surface area contributed by atoms with Crippen molar-refractivity contribution in [1.82, 2.24) is 4.90 Å². The fraction of sp³-hybridized carbons (Fsp3) is 0.310. The summed E-state index contributed by atoms with van der Waals surface area (Å²) in [4.78, 5) is 30.5. The number of amides is 2. The first kappa shape index (κ1) is 26.3. The molecule has 0 aromatic heterocycles. The molecule has 0 bridgehead atoms. The minimum Gasteiger partial charge on any atom is -0.377 e. The Bertz CT molecular complexity index is 1160. The zero-order valence-corrected chi connectivity index (χ0v) is 21.8. The van der Waals surface area contributed by atoms with Crippen LogP contribution in [-0.4, -0.2) is 36.9 Å². The molecule has 0 saturated carbocycles. The first-order chi connectivity index (χ1) is 16.7. The molecular weight excluding hydrogens is 458 g/mol. The molecule has 1 N–H and O–H groups in total. The number of hydrogen-bond acceptors (Lipinski definition) is 3. The van der Waals surface area contributed by atoms with E-state index in [2.05, 4.69) is 5.32 Å². The molecule has 0 aliphatic carbocycles. The summed E-state index contributed by atoms with van der Waals surface area (Å²) >= 11 is 6.20. The molecule has 0 spiro atoms. The minimum atomic E-state index is -0.272. The zero-order chi connectivity index (χ0) is 25.5. The van der Waals surface area contributed by atoms with Crippen LogP contribution in [0.15, 0.2) is 72.8 Å². The van der Waals surface area contributed by atoms with Crippen molar-refractivity contribution in [3.8, 4) is 0 Å². The number of carbonyl (C=O) groups is 2. The summed E-state index contributed by atoms with van der Waals surface area (Å²) in [5, 5.41) is 3.35. The number of anilines is 2. The van der Waals surface area contributed by atoms with Gasteiger partial charge in [-0.3, -0.25) is 9.59 Å². The van der Waals surface area contributed by atoms with E-state index in [1.54, 1.807) is 24.3 Å². The number of nitrogens with zero attached hydrogens (tertiary/aromatic N) is 2.